The second kappa shape index (κ2) is 5.56. The smallest absolute Gasteiger partial charge is 0.126 e. The molecule has 2 nitrogen and oxygen atoms in total. The quantitative estimate of drug-likeness (QED) is 0.875. The molecule has 94 valence electrons. The van der Waals surface area contributed by atoms with Crippen LogP contribution in [0.2, 0.25) is 0 Å². The number of hydrogen-bond donors (Lipinski definition) is 1. The van der Waals surface area contributed by atoms with Crippen molar-refractivity contribution in [3.8, 4) is 0 Å². The third-order valence-corrected chi connectivity index (χ3v) is 3.23. The summed E-state index contributed by atoms with van der Waals surface area (Å²) >= 11 is 0. The molecular weight excluding hydrogens is 224 g/mol. The van der Waals surface area contributed by atoms with Gasteiger partial charge >= 0.3 is 0 Å². The molecule has 0 saturated carbocycles. The van der Waals surface area contributed by atoms with Crippen LogP contribution < -0.4 is 5.32 Å². The Morgan fingerprint density at radius 1 is 1.35 bits per heavy atom. The summed E-state index contributed by atoms with van der Waals surface area (Å²) in [4.78, 5) is 0. The van der Waals surface area contributed by atoms with Crippen LogP contribution in [0.1, 0.15) is 24.4 Å². The summed E-state index contributed by atoms with van der Waals surface area (Å²) in [6.45, 7) is 1.54. The highest BCUT2D eigenvalue weighted by molar-refractivity contribution is 5.21. The van der Waals surface area contributed by atoms with Crippen molar-refractivity contribution in [2.75, 3.05) is 20.3 Å². The monoisotopic (exact) mass is 241 g/mol. The zero-order chi connectivity index (χ0) is 12.3. The van der Waals surface area contributed by atoms with E-state index in [1.807, 2.05) is 7.05 Å². The molecule has 4 heteroatoms. The molecule has 0 spiro atoms. The van der Waals surface area contributed by atoms with E-state index in [4.69, 9.17) is 4.74 Å². The largest absolute Gasteiger partial charge is 0.381 e. The SMILES string of the molecule is CNC(CC1CCOC1)c1cc(F)cc(F)c1. The van der Waals surface area contributed by atoms with E-state index in [1.165, 1.54) is 12.1 Å². The molecule has 1 fully saturated rings. The number of hydrogen-bond acceptors (Lipinski definition) is 2. The van der Waals surface area contributed by atoms with Crippen LogP contribution in [0.3, 0.4) is 0 Å². The summed E-state index contributed by atoms with van der Waals surface area (Å²) in [7, 11) is 1.81. The van der Waals surface area contributed by atoms with Crippen LogP contribution in [-0.4, -0.2) is 20.3 Å². The Bertz CT molecular complexity index is 357. The lowest BCUT2D eigenvalue weighted by Gasteiger charge is -2.20. The number of halogens is 2. The van der Waals surface area contributed by atoms with Gasteiger partial charge in [0.05, 0.1) is 0 Å². The van der Waals surface area contributed by atoms with Crippen LogP contribution in [-0.2, 0) is 4.74 Å². The van der Waals surface area contributed by atoms with Gasteiger partial charge in [-0.1, -0.05) is 0 Å². The van der Waals surface area contributed by atoms with Crippen LogP contribution in [0.15, 0.2) is 18.2 Å². The summed E-state index contributed by atoms with van der Waals surface area (Å²) in [5.74, 6) is -0.579. The van der Waals surface area contributed by atoms with Gasteiger partial charge in [-0.2, -0.15) is 0 Å². The highest BCUT2D eigenvalue weighted by Crippen LogP contribution is 2.27. The van der Waals surface area contributed by atoms with Crippen molar-refractivity contribution in [1.82, 2.24) is 5.32 Å². The lowest BCUT2D eigenvalue weighted by atomic mass is 9.94. The molecule has 1 aliphatic rings. The lowest BCUT2D eigenvalue weighted by Crippen LogP contribution is -2.20. The molecular formula is C13H17F2NO. The van der Waals surface area contributed by atoms with E-state index in [0.717, 1.165) is 32.1 Å². The lowest BCUT2D eigenvalue weighted by molar-refractivity contribution is 0.181. The van der Waals surface area contributed by atoms with Crippen molar-refractivity contribution in [3.63, 3.8) is 0 Å². The van der Waals surface area contributed by atoms with Gasteiger partial charge in [-0.3, -0.25) is 0 Å². The maximum absolute atomic E-state index is 13.1. The Balaban J connectivity index is 2.10. The molecule has 0 radical (unpaired) electrons. The van der Waals surface area contributed by atoms with E-state index in [-0.39, 0.29) is 6.04 Å². The van der Waals surface area contributed by atoms with Gasteiger partial charge in [0.1, 0.15) is 11.6 Å². The Labute approximate surface area is 100.0 Å². The van der Waals surface area contributed by atoms with Gasteiger partial charge in [-0.15, -0.1) is 0 Å². The summed E-state index contributed by atoms with van der Waals surface area (Å²) in [6.07, 6.45) is 1.87. The molecule has 2 rings (SSSR count). The highest BCUT2D eigenvalue weighted by atomic mass is 19.1. The van der Waals surface area contributed by atoms with Crippen LogP contribution in [0, 0.1) is 17.6 Å². The minimum absolute atomic E-state index is 0.0214. The van der Waals surface area contributed by atoms with Gasteiger partial charge in [-0.05, 0) is 43.5 Å². The van der Waals surface area contributed by atoms with E-state index >= 15 is 0 Å². The fourth-order valence-corrected chi connectivity index (χ4v) is 2.30. The third-order valence-electron chi connectivity index (χ3n) is 3.23. The molecule has 0 bridgehead atoms. The molecule has 1 heterocycles. The van der Waals surface area contributed by atoms with Gasteiger partial charge in [0.2, 0.25) is 0 Å². The number of ether oxygens (including phenoxy) is 1. The number of rotatable bonds is 4. The standard InChI is InChI=1S/C13H17F2NO/c1-16-13(4-9-2-3-17-8-9)10-5-11(14)7-12(15)6-10/h5-7,9,13,16H,2-4,8H2,1H3. The molecule has 2 unspecified atom stereocenters. The second-order valence-electron chi connectivity index (χ2n) is 4.51. The van der Waals surface area contributed by atoms with Gasteiger partial charge in [0, 0.05) is 25.3 Å². The molecule has 1 aromatic rings. The molecule has 17 heavy (non-hydrogen) atoms. The maximum atomic E-state index is 13.1. The predicted molar refractivity (Wildman–Crippen MR) is 61.7 cm³/mol. The van der Waals surface area contributed by atoms with Crippen LogP contribution in [0.25, 0.3) is 0 Å². The molecule has 0 aliphatic carbocycles. The molecule has 0 aromatic heterocycles. The van der Waals surface area contributed by atoms with Gasteiger partial charge in [0.15, 0.2) is 0 Å². The number of nitrogens with one attached hydrogen (secondary N) is 1. The molecule has 1 aliphatic heterocycles. The fraction of sp³-hybridized carbons (Fsp3) is 0.538. The minimum atomic E-state index is -0.525. The van der Waals surface area contributed by atoms with Gasteiger partial charge < -0.3 is 10.1 Å². The van der Waals surface area contributed by atoms with E-state index in [2.05, 4.69) is 5.32 Å². The Morgan fingerprint density at radius 2 is 2.06 bits per heavy atom. The zero-order valence-corrected chi connectivity index (χ0v) is 9.88. The Morgan fingerprint density at radius 3 is 2.59 bits per heavy atom. The topological polar surface area (TPSA) is 21.3 Å². The van der Waals surface area contributed by atoms with Crippen molar-refractivity contribution in [3.05, 3.63) is 35.4 Å². The fourth-order valence-electron chi connectivity index (χ4n) is 2.30. The second-order valence-corrected chi connectivity index (χ2v) is 4.51. The van der Waals surface area contributed by atoms with Gasteiger partial charge in [-0.25, -0.2) is 8.78 Å². The maximum Gasteiger partial charge on any atom is 0.126 e. The van der Waals surface area contributed by atoms with Crippen molar-refractivity contribution in [2.24, 2.45) is 5.92 Å². The summed E-state index contributed by atoms with van der Waals surface area (Å²) < 4.78 is 31.6. The summed E-state index contributed by atoms with van der Waals surface area (Å²) in [5, 5.41) is 3.11. The molecule has 1 N–H and O–H groups in total. The first-order valence-electron chi connectivity index (χ1n) is 5.90. The van der Waals surface area contributed by atoms with Crippen molar-refractivity contribution in [2.45, 2.75) is 18.9 Å². The van der Waals surface area contributed by atoms with Crippen molar-refractivity contribution >= 4 is 0 Å². The first-order valence-corrected chi connectivity index (χ1v) is 5.90. The van der Waals surface area contributed by atoms with E-state index < -0.39 is 11.6 Å². The molecule has 1 saturated heterocycles. The van der Waals surface area contributed by atoms with Gasteiger partial charge in [0.25, 0.3) is 0 Å². The first-order chi connectivity index (χ1) is 8.19. The normalized spacial score (nSPS) is 21.7. The molecule has 2 atom stereocenters. The van der Waals surface area contributed by atoms with Crippen molar-refractivity contribution in [1.29, 1.82) is 0 Å². The predicted octanol–water partition coefficient (Wildman–Crippen LogP) is 2.65. The third kappa shape index (κ3) is 3.23. The number of benzene rings is 1. The van der Waals surface area contributed by atoms with E-state index in [1.54, 1.807) is 0 Å². The van der Waals surface area contributed by atoms with Crippen molar-refractivity contribution < 1.29 is 13.5 Å². The average Bonchev–Trinajstić information content (AvgIpc) is 2.77. The Kier molecular flexibility index (Phi) is 4.07. The molecule has 0 amide bonds. The van der Waals surface area contributed by atoms with Crippen LogP contribution >= 0.6 is 0 Å². The highest BCUT2D eigenvalue weighted by Gasteiger charge is 2.21. The van der Waals surface area contributed by atoms with Crippen LogP contribution in [0.4, 0.5) is 8.78 Å². The molecule has 1 aromatic carbocycles. The summed E-state index contributed by atoms with van der Waals surface area (Å²) in [6, 6.07) is 3.65. The average molecular weight is 241 g/mol. The van der Waals surface area contributed by atoms with E-state index in [0.29, 0.717) is 11.5 Å². The Hall–Kier alpha value is -1.00. The van der Waals surface area contributed by atoms with E-state index in [9.17, 15) is 8.78 Å². The summed E-state index contributed by atoms with van der Waals surface area (Å²) in [5.41, 5.74) is 0.664. The zero-order valence-electron chi connectivity index (χ0n) is 9.88. The first kappa shape index (κ1) is 12.5. The van der Waals surface area contributed by atoms with Crippen LogP contribution in [0.5, 0.6) is 0 Å². The minimum Gasteiger partial charge on any atom is -0.381 e.